The van der Waals surface area contributed by atoms with E-state index in [9.17, 15) is 27.6 Å². The summed E-state index contributed by atoms with van der Waals surface area (Å²) in [5, 5.41) is 2.64. The van der Waals surface area contributed by atoms with Crippen LogP contribution in [0.25, 0.3) is 0 Å². The predicted octanol–water partition coefficient (Wildman–Crippen LogP) is 3.34. The molecule has 0 aliphatic carbocycles. The van der Waals surface area contributed by atoms with E-state index in [2.05, 4.69) is 5.32 Å². The van der Waals surface area contributed by atoms with Crippen molar-refractivity contribution >= 4 is 17.6 Å². The standard InChI is InChI=1S/C22H21F3N2O3/c1-13(26-21(29)15-5-3-2-4-6-15)22(30)27-9-7-14(8-10-27)20(28)19-17(24)11-16(23)12-18(19)25/h2-6,11-14H,7-10H2,1H3,(H,26,29). The van der Waals surface area contributed by atoms with Gasteiger partial charge in [-0.05, 0) is 31.9 Å². The number of benzene rings is 2. The predicted molar refractivity (Wildman–Crippen MR) is 103 cm³/mol. The highest BCUT2D eigenvalue weighted by Gasteiger charge is 2.32. The number of piperidine rings is 1. The Labute approximate surface area is 171 Å². The van der Waals surface area contributed by atoms with Gasteiger partial charge in [0.15, 0.2) is 5.78 Å². The number of hydrogen-bond acceptors (Lipinski definition) is 3. The molecule has 1 aliphatic heterocycles. The molecule has 0 bridgehead atoms. The zero-order valence-corrected chi connectivity index (χ0v) is 16.3. The molecule has 1 saturated heterocycles. The first-order valence-corrected chi connectivity index (χ1v) is 9.61. The van der Waals surface area contributed by atoms with Gasteiger partial charge in [0.25, 0.3) is 5.91 Å². The molecule has 1 heterocycles. The molecule has 0 saturated carbocycles. The Kier molecular flexibility index (Phi) is 6.54. The molecule has 3 rings (SSSR count). The number of amides is 2. The van der Waals surface area contributed by atoms with Crippen molar-refractivity contribution in [3.05, 3.63) is 71.0 Å². The fourth-order valence-corrected chi connectivity index (χ4v) is 3.55. The molecular weight excluding hydrogens is 397 g/mol. The lowest BCUT2D eigenvalue weighted by Crippen LogP contribution is -2.50. The van der Waals surface area contributed by atoms with E-state index in [0.29, 0.717) is 17.7 Å². The van der Waals surface area contributed by atoms with Gasteiger partial charge < -0.3 is 10.2 Å². The number of nitrogens with zero attached hydrogens (tertiary/aromatic N) is 1. The fraction of sp³-hybridized carbons (Fsp3) is 0.318. The van der Waals surface area contributed by atoms with Crippen molar-refractivity contribution in [2.24, 2.45) is 5.92 Å². The lowest BCUT2D eigenvalue weighted by atomic mass is 9.88. The quantitative estimate of drug-likeness (QED) is 0.758. The molecular formula is C22H21F3N2O3. The summed E-state index contributed by atoms with van der Waals surface area (Å²) < 4.78 is 40.8. The molecule has 2 amide bonds. The monoisotopic (exact) mass is 418 g/mol. The summed E-state index contributed by atoms with van der Waals surface area (Å²) in [5.74, 6) is -5.62. The molecule has 5 nitrogen and oxygen atoms in total. The van der Waals surface area contributed by atoms with Crippen LogP contribution in [0.5, 0.6) is 0 Å². The topological polar surface area (TPSA) is 66.5 Å². The van der Waals surface area contributed by atoms with Gasteiger partial charge in [0.1, 0.15) is 23.5 Å². The van der Waals surface area contributed by atoms with Crippen molar-refractivity contribution in [2.45, 2.75) is 25.8 Å². The number of hydrogen-bond donors (Lipinski definition) is 1. The van der Waals surface area contributed by atoms with E-state index in [0.717, 1.165) is 0 Å². The van der Waals surface area contributed by atoms with Gasteiger partial charge in [-0.15, -0.1) is 0 Å². The van der Waals surface area contributed by atoms with Crippen LogP contribution in [-0.2, 0) is 4.79 Å². The summed E-state index contributed by atoms with van der Waals surface area (Å²) in [6.07, 6.45) is 0.445. The normalized spacial score (nSPS) is 15.5. The Morgan fingerprint density at radius 2 is 1.57 bits per heavy atom. The third-order valence-corrected chi connectivity index (χ3v) is 5.18. The Hall–Kier alpha value is -3.16. The van der Waals surface area contributed by atoms with E-state index in [-0.39, 0.29) is 37.7 Å². The molecule has 30 heavy (non-hydrogen) atoms. The van der Waals surface area contributed by atoms with Crippen LogP contribution in [0.4, 0.5) is 13.2 Å². The lowest BCUT2D eigenvalue weighted by molar-refractivity contribution is -0.134. The number of ketones is 1. The summed E-state index contributed by atoms with van der Waals surface area (Å²) in [6.45, 7) is 2.00. The van der Waals surface area contributed by atoms with Gasteiger partial charge in [-0.3, -0.25) is 14.4 Å². The molecule has 8 heteroatoms. The molecule has 2 aromatic carbocycles. The van der Waals surface area contributed by atoms with Gasteiger partial charge >= 0.3 is 0 Å². The van der Waals surface area contributed by atoms with Gasteiger partial charge in [0, 0.05) is 36.7 Å². The van der Waals surface area contributed by atoms with E-state index in [1.54, 1.807) is 37.3 Å². The van der Waals surface area contributed by atoms with Crippen molar-refractivity contribution in [1.29, 1.82) is 0 Å². The number of halogens is 3. The van der Waals surface area contributed by atoms with Gasteiger partial charge in [0.2, 0.25) is 5.91 Å². The van der Waals surface area contributed by atoms with Crippen molar-refractivity contribution in [2.75, 3.05) is 13.1 Å². The third-order valence-electron chi connectivity index (χ3n) is 5.18. The minimum atomic E-state index is -1.23. The zero-order valence-electron chi connectivity index (χ0n) is 16.3. The van der Waals surface area contributed by atoms with Crippen LogP contribution >= 0.6 is 0 Å². The van der Waals surface area contributed by atoms with E-state index in [1.807, 2.05) is 0 Å². The van der Waals surface area contributed by atoms with Crippen molar-refractivity contribution in [1.82, 2.24) is 10.2 Å². The van der Waals surface area contributed by atoms with Crippen LogP contribution in [0, 0.1) is 23.4 Å². The van der Waals surface area contributed by atoms with E-state index in [4.69, 9.17) is 0 Å². The highest BCUT2D eigenvalue weighted by atomic mass is 19.1. The molecule has 0 aromatic heterocycles. The van der Waals surface area contributed by atoms with E-state index >= 15 is 0 Å². The third kappa shape index (κ3) is 4.69. The highest BCUT2D eigenvalue weighted by molar-refractivity contribution is 5.99. The van der Waals surface area contributed by atoms with Crippen molar-refractivity contribution in [3.63, 3.8) is 0 Å². The molecule has 1 aliphatic rings. The number of nitrogens with one attached hydrogen (secondary N) is 1. The molecule has 0 spiro atoms. The summed E-state index contributed by atoms with van der Waals surface area (Å²) in [4.78, 5) is 38.8. The van der Waals surface area contributed by atoms with Crippen LogP contribution < -0.4 is 5.32 Å². The Morgan fingerprint density at radius 3 is 2.13 bits per heavy atom. The molecule has 1 fully saturated rings. The second-order valence-electron chi connectivity index (χ2n) is 7.27. The van der Waals surface area contributed by atoms with Crippen LogP contribution in [0.15, 0.2) is 42.5 Å². The minimum Gasteiger partial charge on any atom is -0.341 e. The molecule has 158 valence electrons. The molecule has 1 unspecified atom stereocenters. The number of carbonyl (C=O) groups excluding carboxylic acids is 3. The average Bonchev–Trinajstić information content (AvgIpc) is 2.73. The summed E-state index contributed by atoms with van der Waals surface area (Å²) >= 11 is 0. The first kappa shape index (κ1) is 21.5. The minimum absolute atomic E-state index is 0.214. The Balaban J connectivity index is 1.58. The number of Topliss-reactive ketones (excluding diaryl/α,β-unsaturated/α-hetero) is 1. The maximum atomic E-state index is 13.9. The Morgan fingerprint density at radius 1 is 1.00 bits per heavy atom. The van der Waals surface area contributed by atoms with E-state index < -0.39 is 40.8 Å². The van der Waals surface area contributed by atoms with Gasteiger partial charge in [-0.2, -0.15) is 0 Å². The zero-order chi connectivity index (χ0) is 21.8. The number of rotatable bonds is 5. The molecule has 1 atom stereocenters. The second kappa shape index (κ2) is 9.11. The van der Waals surface area contributed by atoms with Crippen LogP contribution in [0.1, 0.15) is 40.5 Å². The summed E-state index contributed by atoms with van der Waals surface area (Å²) in [5.41, 5.74) is -0.311. The van der Waals surface area contributed by atoms with Crippen molar-refractivity contribution < 1.29 is 27.6 Å². The van der Waals surface area contributed by atoms with Crippen LogP contribution in [-0.4, -0.2) is 41.6 Å². The van der Waals surface area contributed by atoms with Gasteiger partial charge in [-0.25, -0.2) is 13.2 Å². The maximum Gasteiger partial charge on any atom is 0.251 e. The molecule has 1 N–H and O–H groups in total. The largest absolute Gasteiger partial charge is 0.341 e. The van der Waals surface area contributed by atoms with Gasteiger partial charge in [-0.1, -0.05) is 18.2 Å². The van der Waals surface area contributed by atoms with Crippen molar-refractivity contribution in [3.8, 4) is 0 Å². The summed E-state index contributed by atoms with van der Waals surface area (Å²) in [7, 11) is 0. The van der Waals surface area contributed by atoms with Gasteiger partial charge in [0.05, 0.1) is 5.56 Å². The molecule has 0 radical (unpaired) electrons. The summed E-state index contributed by atoms with van der Waals surface area (Å²) in [6, 6.07) is 8.68. The highest BCUT2D eigenvalue weighted by Crippen LogP contribution is 2.25. The maximum absolute atomic E-state index is 13.9. The van der Waals surface area contributed by atoms with Crippen LogP contribution in [0.2, 0.25) is 0 Å². The number of likely N-dealkylation sites (tertiary alicyclic amines) is 1. The second-order valence-corrected chi connectivity index (χ2v) is 7.27. The fourth-order valence-electron chi connectivity index (χ4n) is 3.55. The average molecular weight is 418 g/mol. The Bertz CT molecular complexity index is 934. The smallest absolute Gasteiger partial charge is 0.251 e. The van der Waals surface area contributed by atoms with Crippen LogP contribution in [0.3, 0.4) is 0 Å². The molecule has 2 aromatic rings. The first-order valence-electron chi connectivity index (χ1n) is 9.61. The number of carbonyl (C=O) groups is 3. The SMILES string of the molecule is CC(NC(=O)c1ccccc1)C(=O)N1CCC(C(=O)c2c(F)cc(F)cc2F)CC1. The lowest BCUT2D eigenvalue weighted by Gasteiger charge is -2.33. The first-order chi connectivity index (χ1) is 14.3. The van der Waals surface area contributed by atoms with E-state index in [1.165, 1.54) is 4.90 Å².